The Labute approximate surface area is 99.6 Å². The molecule has 0 saturated heterocycles. The van der Waals surface area contributed by atoms with Crippen molar-refractivity contribution >= 4 is 22.0 Å². The summed E-state index contributed by atoms with van der Waals surface area (Å²) in [6, 6.07) is 2.23. The molecular weight excluding hydrogens is 218 g/mol. The van der Waals surface area contributed by atoms with Gasteiger partial charge in [-0.15, -0.1) is 11.3 Å². The molecule has 0 fully saturated rings. The van der Waals surface area contributed by atoms with E-state index in [-0.39, 0.29) is 0 Å². The lowest BCUT2D eigenvalue weighted by Crippen LogP contribution is -2.18. The second-order valence-corrected chi connectivity index (χ2v) is 5.06. The van der Waals surface area contributed by atoms with Crippen LogP contribution in [0.15, 0.2) is 4.99 Å². The number of hydrogen-bond acceptors (Lipinski definition) is 4. The minimum atomic E-state index is 0.378. The summed E-state index contributed by atoms with van der Waals surface area (Å²) in [7, 11) is 1.85. The molecule has 1 unspecified atom stereocenters. The molecule has 4 heteroatoms. The number of thiophene rings is 1. The van der Waals surface area contributed by atoms with E-state index in [1.165, 1.54) is 16.2 Å². The minimum Gasteiger partial charge on any atom is -0.389 e. The largest absolute Gasteiger partial charge is 0.389 e. The van der Waals surface area contributed by atoms with E-state index in [0.717, 1.165) is 19.3 Å². The number of nitrogen functional groups attached to an aromatic ring is 1. The third-order valence-electron chi connectivity index (χ3n) is 3.22. The highest BCUT2D eigenvalue weighted by molar-refractivity contribution is 7.16. The summed E-state index contributed by atoms with van der Waals surface area (Å²) in [6.45, 7) is 2.16. The van der Waals surface area contributed by atoms with Crippen LogP contribution in [0.3, 0.4) is 0 Å². The van der Waals surface area contributed by atoms with Gasteiger partial charge in [-0.05, 0) is 24.8 Å². The fourth-order valence-electron chi connectivity index (χ4n) is 2.42. The predicted octanol–water partition coefficient (Wildman–Crippen LogP) is 2.71. The van der Waals surface area contributed by atoms with Gasteiger partial charge in [0, 0.05) is 23.6 Å². The van der Waals surface area contributed by atoms with E-state index in [1.807, 2.05) is 7.05 Å². The van der Waals surface area contributed by atoms with Crippen LogP contribution in [0.4, 0.5) is 5.00 Å². The zero-order valence-electron chi connectivity index (χ0n) is 9.58. The SMILES string of the molecule is CCC1/C(=N\C)CCc2c1sc(N)c2C#N. The number of fused-ring (bicyclic) bond motifs is 1. The topological polar surface area (TPSA) is 62.2 Å². The number of nitriles is 1. The van der Waals surface area contributed by atoms with Gasteiger partial charge >= 0.3 is 0 Å². The van der Waals surface area contributed by atoms with Crippen molar-refractivity contribution in [1.82, 2.24) is 0 Å². The van der Waals surface area contributed by atoms with Crippen molar-refractivity contribution in [3.8, 4) is 6.07 Å². The van der Waals surface area contributed by atoms with E-state index < -0.39 is 0 Å². The van der Waals surface area contributed by atoms with Crippen LogP contribution in [0.5, 0.6) is 0 Å². The van der Waals surface area contributed by atoms with Crippen LogP contribution in [-0.4, -0.2) is 12.8 Å². The molecule has 1 aromatic heterocycles. The molecule has 2 rings (SSSR count). The molecule has 3 nitrogen and oxygen atoms in total. The van der Waals surface area contributed by atoms with Gasteiger partial charge in [-0.1, -0.05) is 6.92 Å². The summed E-state index contributed by atoms with van der Waals surface area (Å²) >= 11 is 1.57. The Morgan fingerprint density at radius 3 is 2.88 bits per heavy atom. The van der Waals surface area contributed by atoms with Gasteiger partial charge in [0.25, 0.3) is 0 Å². The third kappa shape index (κ3) is 1.52. The first-order valence-corrected chi connectivity index (χ1v) is 6.31. The van der Waals surface area contributed by atoms with Gasteiger partial charge in [-0.3, -0.25) is 4.99 Å². The molecule has 0 aliphatic heterocycles. The number of anilines is 1. The van der Waals surface area contributed by atoms with Crippen LogP contribution in [0.25, 0.3) is 0 Å². The maximum absolute atomic E-state index is 9.09. The number of nitrogens with zero attached hydrogens (tertiary/aromatic N) is 2. The van der Waals surface area contributed by atoms with Gasteiger partial charge in [0.1, 0.15) is 11.1 Å². The second-order valence-electron chi connectivity index (χ2n) is 3.97. The lowest BCUT2D eigenvalue weighted by molar-refractivity contribution is 0.782. The number of nitrogens with two attached hydrogens (primary N) is 1. The molecule has 1 atom stereocenters. The Morgan fingerprint density at radius 2 is 2.31 bits per heavy atom. The summed E-state index contributed by atoms with van der Waals surface area (Å²) < 4.78 is 0. The minimum absolute atomic E-state index is 0.378. The molecule has 0 spiro atoms. The quantitative estimate of drug-likeness (QED) is 0.810. The van der Waals surface area contributed by atoms with Gasteiger partial charge < -0.3 is 5.73 Å². The van der Waals surface area contributed by atoms with E-state index in [9.17, 15) is 0 Å². The van der Waals surface area contributed by atoms with Gasteiger partial charge in [-0.25, -0.2) is 0 Å². The highest BCUT2D eigenvalue weighted by atomic mass is 32.1. The van der Waals surface area contributed by atoms with Crippen molar-refractivity contribution in [2.75, 3.05) is 12.8 Å². The Bertz CT molecular complexity index is 479. The smallest absolute Gasteiger partial charge is 0.104 e. The average molecular weight is 233 g/mol. The summed E-state index contributed by atoms with van der Waals surface area (Å²) in [4.78, 5) is 5.63. The normalized spacial score (nSPS) is 21.8. The molecule has 1 aromatic rings. The second kappa shape index (κ2) is 4.26. The standard InChI is InChI=1S/C12H15N3S/c1-3-7-10(15-2)5-4-8-9(6-13)12(14)16-11(7)8/h7H,3-5,14H2,1-2H3/b15-10-. The summed E-state index contributed by atoms with van der Waals surface area (Å²) in [5.41, 5.74) is 9.02. The maximum atomic E-state index is 9.09. The van der Waals surface area contributed by atoms with E-state index in [2.05, 4.69) is 18.0 Å². The van der Waals surface area contributed by atoms with E-state index in [0.29, 0.717) is 16.5 Å². The third-order valence-corrected chi connectivity index (χ3v) is 4.40. The van der Waals surface area contributed by atoms with Crippen LogP contribution in [0.1, 0.15) is 41.7 Å². The van der Waals surface area contributed by atoms with Crippen LogP contribution in [-0.2, 0) is 6.42 Å². The highest BCUT2D eigenvalue weighted by Crippen LogP contribution is 2.42. The lowest BCUT2D eigenvalue weighted by Gasteiger charge is -2.23. The van der Waals surface area contributed by atoms with Crippen molar-refractivity contribution < 1.29 is 0 Å². The number of hydrogen-bond donors (Lipinski definition) is 1. The molecule has 0 saturated carbocycles. The Morgan fingerprint density at radius 1 is 1.56 bits per heavy atom. The van der Waals surface area contributed by atoms with Crippen LogP contribution in [0, 0.1) is 11.3 Å². The highest BCUT2D eigenvalue weighted by Gasteiger charge is 2.29. The Balaban J connectivity index is 2.56. The van der Waals surface area contributed by atoms with Crippen molar-refractivity contribution in [1.29, 1.82) is 5.26 Å². The zero-order valence-corrected chi connectivity index (χ0v) is 10.4. The van der Waals surface area contributed by atoms with Crippen molar-refractivity contribution in [2.45, 2.75) is 32.1 Å². The summed E-state index contributed by atoms with van der Waals surface area (Å²) in [6.07, 6.45) is 2.91. The maximum Gasteiger partial charge on any atom is 0.104 e. The van der Waals surface area contributed by atoms with E-state index >= 15 is 0 Å². The summed E-state index contributed by atoms with van der Waals surface area (Å²) in [5.74, 6) is 0.378. The van der Waals surface area contributed by atoms with Gasteiger partial charge in [0.2, 0.25) is 0 Å². The molecule has 16 heavy (non-hydrogen) atoms. The molecule has 0 radical (unpaired) electrons. The number of aliphatic imine (C=N–C) groups is 1. The van der Waals surface area contributed by atoms with Crippen LogP contribution >= 0.6 is 11.3 Å². The first-order chi connectivity index (χ1) is 7.72. The molecule has 0 amide bonds. The Kier molecular flexibility index (Phi) is 2.97. The van der Waals surface area contributed by atoms with Gasteiger partial charge in [0.05, 0.1) is 5.56 Å². The zero-order chi connectivity index (χ0) is 11.7. The molecule has 0 aromatic carbocycles. The van der Waals surface area contributed by atoms with Crippen molar-refractivity contribution in [3.63, 3.8) is 0 Å². The first-order valence-electron chi connectivity index (χ1n) is 5.49. The van der Waals surface area contributed by atoms with Crippen molar-refractivity contribution in [3.05, 3.63) is 16.0 Å². The molecule has 1 aliphatic carbocycles. The molecule has 0 bridgehead atoms. The predicted molar refractivity (Wildman–Crippen MR) is 68.2 cm³/mol. The molecule has 1 heterocycles. The lowest BCUT2D eigenvalue weighted by atomic mass is 9.84. The molecule has 2 N–H and O–H groups in total. The van der Waals surface area contributed by atoms with E-state index in [1.54, 1.807) is 11.3 Å². The first kappa shape index (κ1) is 11.2. The van der Waals surface area contributed by atoms with E-state index in [4.69, 9.17) is 11.0 Å². The average Bonchev–Trinajstić information content (AvgIpc) is 2.62. The molecular formula is C12H15N3S. The Hall–Kier alpha value is -1.34. The van der Waals surface area contributed by atoms with Crippen LogP contribution in [0.2, 0.25) is 0 Å². The van der Waals surface area contributed by atoms with Gasteiger partial charge in [0.15, 0.2) is 0 Å². The van der Waals surface area contributed by atoms with Crippen molar-refractivity contribution in [2.24, 2.45) is 4.99 Å². The van der Waals surface area contributed by atoms with Gasteiger partial charge in [-0.2, -0.15) is 5.26 Å². The molecule has 84 valence electrons. The summed E-state index contributed by atoms with van der Waals surface area (Å²) in [5, 5.41) is 9.76. The fourth-order valence-corrected chi connectivity index (χ4v) is 3.70. The van der Waals surface area contributed by atoms with Crippen LogP contribution < -0.4 is 5.73 Å². The molecule has 1 aliphatic rings. The number of rotatable bonds is 1. The fraction of sp³-hybridized carbons (Fsp3) is 0.500. The monoisotopic (exact) mass is 233 g/mol.